The van der Waals surface area contributed by atoms with Gasteiger partial charge in [0.2, 0.25) is 0 Å². The molecular weight excluding hydrogens is 210 g/mol. The van der Waals surface area contributed by atoms with Gasteiger partial charge in [-0.15, -0.1) is 0 Å². The van der Waals surface area contributed by atoms with Crippen molar-refractivity contribution in [2.24, 2.45) is 0 Å². The lowest BCUT2D eigenvalue weighted by Crippen LogP contribution is -2.17. The normalized spacial score (nSPS) is 12.6. The predicted molar refractivity (Wildman–Crippen MR) is 73.5 cm³/mol. The Hall–Kier alpha value is -0.860. The third-order valence-corrected chi connectivity index (χ3v) is 3.02. The van der Waals surface area contributed by atoms with Crippen LogP contribution in [-0.4, -0.2) is 26.8 Å². The molecule has 2 heteroatoms. The molecule has 0 spiro atoms. The maximum atomic E-state index is 5.37. The maximum absolute atomic E-state index is 5.37. The number of rotatable bonds is 9. The van der Waals surface area contributed by atoms with E-state index in [1.165, 1.54) is 24.8 Å². The van der Waals surface area contributed by atoms with Crippen LogP contribution in [0, 0.1) is 0 Å². The molecule has 0 aliphatic heterocycles. The minimum absolute atomic E-state index is 0.628. The molecule has 1 rings (SSSR count). The van der Waals surface area contributed by atoms with Gasteiger partial charge >= 0.3 is 0 Å². The molecule has 0 bridgehead atoms. The average molecular weight is 235 g/mol. The third kappa shape index (κ3) is 5.85. The van der Waals surface area contributed by atoms with E-state index in [0.29, 0.717) is 5.92 Å². The number of likely N-dealkylation sites (N-methyl/N-ethyl adjacent to an activating group) is 1. The molecular formula is C15H25NO. The van der Waals surface area contributed by atoms with E-state index in [9.17, 15) is 0 Å². The number of nitrogens with one attached hydrogen (secondary N) is 1. The van der Waals surface area contributed by atoms with E-state index in [1.54, 1.807) is 0 Å². The number of hydrogen-bond donors (Lipinski definition) is 1. The summed E-state index contributed by atoms with van der Waals surface area (Å²) in [7, 11) is 2.02. The molecule has 1 aromatic carbocycles. The zero-order chi connectivity index (χ0) is 12.3. The molecule has 96 valence electrons. The first-order valence-electron chi connectivity index (χ1n) is 6.65. The Morgan fingerprint density at radius 3 is 2.59 bits per heavy atom. The van der Waals surface area contributed by atoms with Crippen LogP contribution in [0.25, 0.3) is 0 Å². The largest absolute Gasteiger partial charge is 0.382 e. The first-order chi connectivity index (χ1) is 8.38. The summed E-state index contributed by atoms with van der Waals surface area (Å²) in [6.45, 7) is 4.84. The first-order valence-corrected chi connectivity index (χ1v) is 6.65. The van der Waals surface area contributed by atoms with Crippen molar-refractivity contribution in [2.75, 3.05) is 26.8 Å². The standard InChI is InChI=1S/C15H25NO/c1-3-17-12-8-7-11-15(13-16-2)14-9-5-4-6-10-14/h4-6,9-10,15-16H,3,7-8,11-13H2,1-2H3. The van der Waals surface area contributed by atoms with E-state index in [2.05, 4.69) is 35.6 Å². The van der Waals surface area contributed by atoms with Gasteiger partial charge in [0.1, 0.15) is 0 Å². The molecule has 0 amide bonds. The second kappa shape index (κ2) is 9.20. The molecule has 0 saturated carbocycles. The summed E-state index contributed by atoms with van der Waals surface area (Å²) in [6, 6.07) is 10.8. The van der Waals surface area contributed by atoms with Crippen molar-refractivity contribution >= 4 is 0 Å². The smallest absolute Gasteiger partial charge is 0.0465 e. The van der Waals surface area contributed by atoms with Crippen molar-refractivity contribution in [3.8, 4) is 0 Å². The minimum atomic E-state index is 0.628. The Morgan fingerprint density at radius 1 is 1.18 bits per heavy atom. The van der Waals surface area contributed by atoms with Crippen LogP contribution in [0.2, 0.25) is 0 Å². The number of hydrogen-bond acceptors (Lipinski definition) is 2. The van der Waals surface area contributed by atoms with Gasteiger partial charge in [0.25, 0.3) is 0 Å². The molecule has 0 radical (unpaired) electrons. The molecule has 1 unspecified atom stereocenters. The van der Waals surface area contributed by atoms with Crippen molar-refractivity contribution in [3.05, 3.63) is 35.9 Å². The van der Waals surface area contributed by atoms with E-state index in [-0.39, 0.29) is 0 Å². The second-order valence-corrected chi connectivity index (χ2v) is 4.36. The Bertz CT molecular complexity index is 274. The van der Waals surface area contributed by atoms with Gasteiger partial charge < -0.3 is 10.1 Å². The average Bonchev–Trinajstić information content (AvgIpc) is 2.38. The van der Waals surface area contributed by atoms with Gasteiger partial charge in [-0.25, -0.2) is 0 Å². The molecule has 0 fully saturated rings. The zero-order valence-electron chi connectivity index (χ0n) is 11.1. The Labute approximate surface area is 105 Å². The maximum Gasteiger partial charge on any atom is 0.0465 e. The topological polar surface area (TPSA) is 21.3 Å². The van der Waals surface area contributed by atoms with E-state index in [4.69, 9.17) is 4.74 Å². The minimum Gasteiger partial charge on any atom is -0.382 e. The second-order valence-electron chi connectivity index (χ2n) is 4.36. The van der Waals surface area contributed by atoms with Crippen LogP contribution in [-0.2, 0) is 4.74 Å². The van der Waals surface area contributed by atoms with Crippen LogP contribution in [0.1, 0.15) is 37.7 Å². The van der Waals surface area contributed by atoms with Gasteiger partial charge in [-0.1, -0.05) is 36.8 Å². The van der Waals surface area contributed by atoms with Crippen LogP contribution < -0.4 is 5.32 Å². The highest BCUT2D eigenvalue weighted by Gasteiger charge is 2.09. The fraction of sp³-hybridized carbons (Fsp3) is 0.600. The van der Waals surface area contributed by atoms with Gasteiger partial charge in [0.15, 0.2) is 0 Å². The van der Waals surface area contributed by atoms with Gasteiger partial charge in [-0.2, -0.15) is 0 Å². The lowest BCUT2D eigenvalue weighted by molar-refractivity contribution is 0.142. The molecule has 1 aromatic rings. The Morgan fingerprint density at radius 2 is 1.94 bits per heavy atom. The molecule has 1 N–H and O–H groups in total. The van der Waals surface area contributed by atoms with Gasteiger partial charge in [-0.05, 0) is 38.3 Å². The van der Waals surface area contributed by atoms with Gasteiger partial charge in [0.05, 0.1) is 0 Å². The SMILES string of the molecule is CCOCCCCC(CNC)c1ccccc1. The summed E-state index contributed by atoms with van der Waals surface area (Å²) in [4.78, 5) is 0. The van der Waals surface area contributed by atoms with Crippen LogP contribution in [0.15, 0.2) is 30.3 Å². The molecule has 0 heterocycles. The predicted octanol–water partition coefficient (Wildman–Crippen LogP) is 3.20. The van der Waals surface area contributed by atoms with Crippen LogP contribution >= 0.6 is 0 Å². The summed E-state index contributed by atoms with van der Waals surface area (Å²) in [5, 5.41) is 3.29. The van der Waals surface area contributed by atoms with E-state index < -0.39 is 0 Å². The lowest BCUT2D eigenvalue weighted by Gasteiger charge is -2.16. The highest BCUT2D eigenvalue weighted by atomic mass is 16.5. The monoisotopic (exact) mass is 235 g/mol. The first kappa shape index (κ1) is 14.2. The van der Waals surface area contributed by atoms with Crippen LogP contribution in [0.5, 0.6) is 0 Å². The lowest BCUT2D eigenvalue weighted by atomic mass is 9.93. The quantitative estimate of drug-likeness (QED) is 0.664. The molecule has 0 aliphatic carbocycles. The van der Waals surface area contributed by atoms with E-state index in [0.717, 1.165) is 19.8 Å². The molecule has 0 aromatic heterocycles. The van der Waals surface area contributed by atoms with E-state index in [1.807, 2.05) is 14.0 Å². The summed E-state index contributed by atoms with van der Waals surface area (Å²) < 4.78 is 5.37. The Kier molecular flexibility index (Phi) is 7.69. The highest BCUT2D eigenvalue weighted by Crippen LogP contribution is 2.21. The summed E-state index contributed by atoms with van der Waals surface area (Å²) in [5.74, 6) is 0.628. The summed E-state index contributed by atoms with van der Waals surface area (Å²) in [5.41, 5.74) is 1.44. The van der Waals surface area contributed by atoms with Crippen molar-refractivity contribution in [1.29, 1.82) is 0 Å². The van der Waals surface area contributed by atoms with E-state index >= 15 is 0 Å². The van der Waals surface area contributed by atoms with Crippen molar-refractivity contribution in [2.45, 2.75) is 32.1 Å². The molecule has 0 saturated heterocycles. The van der Waals surface area contributed by atoms with Crippen LogP contribution in [0.4, 0.5) is 0 Å². The molecule has 0 aliphatic rings. The number of benzene rings is 1. The molecule has 17 heavy (non-hydrogen) atoms. The van der Waals surface area contributed by atoms with Gasteiger partial charge in [0, 0.05) is 19.8 Å². The zero-order valence-corrected chi connectivity index (χ0v) is 11.1. The Balaban J connectivity index is 2.33. The third-order valence-electron chi connectivity index (χ3n) is 3.02. The highest BCUT2D eigenvalue weighted by molar-refractivity contribution is 5.19. The summed E-state index contributed by atoms with van der Waals surface area (Å²) >= 11 is 0. The van der Waals surface area contributed by atoms with Crippen molar-refractivity contribution < 1.29 is 4.74 Å². The number of unbranched alkanes of at least 4 members (excludes halogenated alkanes) is 1. The summed E-state index contributed by atoms with van der Waals surface area (Å²) in [6.07, 6.45) is 3.64. The van der Waals surface area contributed by atoms with Crippen molar-refractivity contribution in [3.63, 3.8) is 0 Å². The molecule has 2 nitrogen and oxygen atoms in total. The fourth-order valence-electron chi connectivity index (χ4n) is 2.10. The number of ether oxygens (including phenoxy) is 1. The fourth-order valence-corrected chi connectivity index (χ4v) is 2.10. The van der Waals surface area contributed by atoms with Gasteiger partial charge in [-0.3, -0.25) is 0 Å². The van der Waals surface area contributed by atoms with Crippen LogP contribution in [0.3, 0.4) is 0 Å². The molecule has 1 atom stereocenters. The van der Waals surface area contributed by atoms with Crippen molar-refractivity contribution in [1.82, 2.24) is 5.32 Å².